The van der Waals surface area contributed by atoms with Crippen molar-refractivity contribution in [2.24, 2.45) is 0 Å². The zero-order valence-corrected chi connectivity index (χ0v) is 13.0. The molecule has 0 amide bonds. The van der Waals surface area contributed by atoms with Gasteiger partial charge < -0.3 is 15.2 Å². The number of methoxy groups -OCH3 is 1. The second-order valence-corrected chi connectivity index (χ2v) is 5.74. The van der Waals surface area contributed by atoms with Crippen molar-refractivity contribution in [2.45, 2.75) is 6.92 Å². The van der Waals surface area contributed by atoms with Crippen LogP contribution < -0.4 is 10.1 Å². The Hall–Kier alpha value is -2.60. The van der Waals surface area contributed by atoms with Crippen LogP contribution in [0, 0.1) is 6.92 Å². The smallest absolute Gasteiger partial charge is 0.210 e. The lowest BCUT2D eigenvalue weighted by molar-refractivity contribution is 0.416. The van der Waals surface area contributed by atoms with Gasteiger partial charge in [0.2, 0.25) is 5.13 Å². The molecule has 3 rings (SSSR count). The molecule has 0 unspecified atom stereocenters. The van der Waals surface area contributed by atoms with Crippen molar-refractivity contribution in [1.29, 1.82) is 0 Å². The number of hydrogen-bond acceptors (Lipinski definition) is 6. The van der Waals surface area contributed by atoms with Gasteiger partial charge in [-0.2, -0.15) is 0 Å². The highest BCUT2D eigenvalue weighted by atomic mass is 32.1. The zero-order valence-electron chi connectivity index (χ0n) is 12.2. The molecule has 0 spiro atoms. The van der Waals surface area contributed by atoms with Gasteiger partial charge in [-0.3, -0.25) is 0 Å². The molecule has 1 aromatic heterocycles. The van der Waals surface area contributed by atoms with Crippen LogP contribution in [0.15, 0.2) is 42.5 Å². The molecule has 0 fully saturated rings. The SMILES string of the molecule is COc1ccc(C)cc1Nc1nnc(-c2ccccc2O)s1. The van der Waals surface area contributed by atoms with Gasteiger partial charge in [0.05, 0.1) is 18.4 Å². The van der Waals surface area contributed by atoms with E-state index in [-0.39, 0.29) is 5.75 Å². The number of benzene rings is 2. The van der Waals surface area contributed by atoms with E-state index in [1.54, 1.807) is 19.2 Å². The fourth-order valence-electron chi connectivity index (χ4n) is 2.07. The number of aromatic nitrogens is 2. The molecular formula is C16H15N3O2S. The molecule has 0 atom stereocenters. The summed E-state index contributed by atoms with van der Waals surface area (Å²) in [5.41, 5.74) is 2.63. The number of rotatable bonds is 4. The van der Waals surface area contributed by atoms with Gasteiger partial charge in [-0.15, -0.1) is 10.2 Å². The lowest BCUT2D eigenvalue weighted by atomic mass is 10.2. The Morgan fingerprint density at radius 3 is 2.73 bits per heavy atom. The minimum absolute atomic E-state index is 0.193. The topological polar surface area (TPSA) is 67.3 Å². The third-order valence-electron chi connectivity index (χ3n) is 3.16. The normalized spacial score (nSPS) is 10.5. The molecule has 0 saturated carbocycles. The lowest BCUT2D eigenvalue weighted by Gasteiger charge is -2.09. The van der Waals surface area contributed by atoms with Crippen molar-refractivity contribution in [3.05, 3.63) is 48.0 Å². The first kappa shape index (κ1) is 14.3. The zero-order chi connectivity index (χ0) is 15.5. The standard InChI is InChI=1S/C16H15N3O2S/c1-10-7-8-14(21-2)12(9-10)17-16-19-18-15(22-16)11-5-3-4-6-13(11)20/h3-9,20H,1-2H3,(H,17,19). The van der Waals surface area contributed by atoms with Crippen LogP contribution in [0.2, 0.25) is 0 Å². The molecule has 0 saturated heterocycles. The first-order valence-electron chi connectivity index (χ1n) is 6.71. The molecule has 1 heterocycles. The molecule has 2 N–H and O–H groups in total. The average molecular weight is 313 g/mol. The van der Waals surface area contributed by atoms with Gasteiger partial charge in [0.1, 0.15) is 11.5 Å². The first-order valence-corrected chi connectivity index (χ1v) is 7.52. The maximum atomic E-state index is 9.88. The highest BCUT2D eigenvalue weighted by Crippen LogP contribution is 2.35. The summed E-state index contributed by atoms with van der Waals surface area (Å²) in [6.45, 7) is 2.01. The molecule has 0 aliphatic carbocycles. The Balaban J connectivity index is 1.89. The van der Waals surface area contributed by atoms with E-state index in [9.17, 15) is 5.11 Å². The Labute approximate surface area is 132 Å². The number of ether oxygens (including phenoxy) is 1. The summed E-state index contributed by atoms with van der Waals surface area (Å²) >= 11 is 1.37. The minimum Gasteiger partial charge on any atom is -0.507 e. The van der Waals surface area contributed by atoms with E-state index in [1.807, 2.05) is 37.3 Å². The third kappa shape index (κ3) is 2.87. The number of aryl methyl sites for hydroxylation is 1. The van der Waals surface area contributed by atoms with Crippen molar-refractivity contribution < 1.29 is 9.84 Å². The second kappa shape index (κ2) is 6.03. The van der Waals surface area contributed by atoms with E-state index in [1.165, 1.54) is 11.3 Å². The van der Waals surface area contributed by atoms with Crippen LogP contribution in [0.1, 0.15) is 5.56 Å². The van der Waals surface area contributed by atoms with E-state index in [0.29, 0.717) is 15.7 Å². The van der Waals surface area contributed by atoms with Crippen LogP contribution >= 0.6 is 11.3 Å². The van der Waals surface area contributed by atoms with Crippen LogP contribution in [0.5, 0.6) is 11.5 Å². The third-order valence-corrected chi connectivity index (χ3v) is 4.03. The van der Waals surface area contributed by atoms with Gasteiger partial charge in [-0.05, 0) is 36.8 Å². The number of hydrogen-bond donors (Lipinski definition) is 2. The highest BCUT2D eigenvalue weighted by Gasteiger charge is 2.11. The number of phenolic OH excluding ortho intramolecular Hbond substituents is 1. The van der Waals surface area contributed by atoms with Crippen molar-refractivity contribution in [3.63, 3.8) is 0 Å². The fraction of sp³-hybridized carbons (Fsp3) is 0.125. The summed E-state index contributed by atoms with van der Waals surface area (Å²) in [6, 6.07) is 12.9. The van der Waals surface area contributed by atoms with Crippen molar-refractivity contribution >= 4 is 22.2 Å². The predicted molar refractivity (Wildman–Crippen MR) is 88.0 cm³/mol. The van der Waals surface area contributed by atoms with Gasteiger partial charge in [0.25, 0.3) is 0 Å². The molecule has 112 valence electrons. The molecule has 3 aromatic rings. The molecule has 6 heteroatoms. The number of anilines is 2. The van der Waals surface area contributed by atoms with E-state index in [4.69, 9.17) is 4.74 Å². The molecule has 22 heavy (non-hydrogen) atoms. The molecule has 0 radical (unpaired) electrons. The molecule has 0 aliphatic heterocycles. The molecular weight excluding hydrogens is 298 g/mol. The predicted octanol–water partition coefficient (Wildman–Crippen LogP) is 3.97. The van der Waals surface area contributed by atoms with E-state index >= 15 is 0 Å². The lowest BCUT2D eigenvalue weighted by Crippen LogP contribution is -1.94. The minimum atomic E-state index is 0.193. The average Bonchev–Trinajstić information content (AvgIpc) is 2.96. The quantitative estimate of drug-likeness (QED) is 0.763. The van der Waals surface area contributed by atoms with Gasteiger partial charge in [0, 0.05) is 0 Å². The van der Waals surface area contributed by atoms with Gasteiger partial charge in [-0.25, -0.2) is 0 Å². The number of nitrogens with one attached hydrogen (secondary N) is 1. The number of aromatic hydroxyl groups is 1. The van der Waals surface area contributed by atoms with Crippen LogP contribution in [-0.4, -0.2) is 22.4 Å². The molecule has 5 nitrogen and oxygen atoms in total. The summed E-state index contributed by atoms with van der Waals surface area (Å²) < 4.78 is 5.34. The Kier molecular flexibility index (Phi) is 3.93. The van der Waals surface area contributed by atoms with Crippen molar-refractivity contribution in [2.75, 3.05) is 12.4 Å². The number of para-hydroxylation sites is 1. The summed E-state index contributed by atoms with van der Waals surface area (Å²) in [6.07, 6.45) is 0. The Morgan fingerprint density at radius 2 is 1.95 bits per heavy atom. The van der Waals surface area contributed by atoms with Gasteiger partial charge in [-0.1, -0.05) is 29.5 Å². The van der Waals surface area contributed by atoms with Gasteiger partial charge in [0.15, 0.2) is 5.01 Å². The Bertz CT molecular complexity index is 802. The van der Waals surface area contributed by atoms with Crippen LogP contribution in [-0.2, 0) is 0 Å². The molecule has 0 aliphatic rings. The Morgan fingerprint density at radius 1 is 1.14 bits per heavy atom. The monoisotopic (exact) mass is 313 g/mol. The number of phenols is 1. The van der Waals surface area contributed by atoms with Crippen LogP contribution in [0.4, 0.5) is 10.8 Å². The first-order chi connectivity index (χ1) is 10.7. The second-order valence-electron chi connectivity index (χ2n) is 4.76. The summed E-state index contributed by atoms with van der Waals surface area (Å²) in [7, 11) is 1.63. The highest BCUT2D eigenvalue weighted by molar-refractivity contribution is 7.18. The largest absolute Gasteiger partial charge is 0.507 e. The van der Waals surface area contributed by atoms with Gasteiger partial charge >= 0.3 is 0 Å². The van der Waals surface area contributed by atoms with Crippen molar-refractivity contribution in [3.8, 4) is 22.1 Å². The molecule has 2 aromatic carbocycles. The number of nitrogens with zero attached hydrogens (tertiary/aromatic N) is 2. The maximum Gasteiger partial charge on any atom is 0.210 e. The van der Waals surface area contributed by atoms with Crippen molar-refractivity contribution in [1.82, 2.24) is 10.2 Å². The van der Waals surface area contributed by atoms with Crippen LogP contribution in [0.3, 0.4) is 0 Å². The van der Waals surface area contributed by atoms with E-state index in [0.717, 1.165) is 17.0 Å². The van der Waals surface area contributed by atoms with E-state index < -0.39 is 0 Å². The maximum absolute atomic E-state index is 9.88. The summed E-state index contributed by atoms with van der Waals surface area (Å²) in [5, 5.41) is 22.6. The summed E-state index contributed by atoms with van der Waals surface area (Å²) in [4.78, 5) is 0. The summed E-state index contributed by atoms with van der Waals surface area (Å²) in [5.74, 6) is 0.934. The molecule has 0 bridgehead atoms. The fourth-order valence-corrected chi connectivity index (χ4v) is 2.86. The van der Waals surface area contributed by atoms with Crippen LogP contribution in [0.25, 0.3) is 10.6 Å². The van der Waals surface area contributed by atoms with E-state index in [2.05, 4.69) is 15.5 Å².